The third kappa shape index (κ3) is 4.57. The van der Waals surface area contributed by atoms with Gasteiger partial charge in [0.2, 0.25) is 0 Å². The first kappa shape index (κ1) is 17.4. The van der Waals surface area contributed by atoms with Crippen molar-refractivity contribution in [3.8, 4) is 0 Å². The normalized spacial score (nSPS) is 19.7. The maximum Gasteiger partial charge on any atom is 0.271 e. The van der Waals surface area contributed by atoms with Crippen LogP contribution >= 0.6 is 0 Å². The third-order valence-electron chi connectivity index (χ3n) is 5.07. The van der Waals surface area contributed by atoms with Gasteiger partial charge in [-0.15, -0.1) is 0 Å². The molecule has 0 saturated carbocycles. The molecule has 1 N–H and O–H groups in total. The monoisotopic (exact) mass is 333 g/mol. The number of rotatable bonds is 6. The van der Waals surface area contributed by atoms with Crippen LogP contribution in [0, 0.1) is 0 Å². The molecule has 0 radical (unpaired) electrons. The standard InChI is InChI=1S/C18H31N5O/c1-2-8-22-12-13-23-14-16(20-17(23)15-22)18(24)19-7-11-21-9-5-3-4-6-10-21/h14H,2-13,15H2,1H3,(H,19,24). The lowest BCUT2D eigenvalue weighted by atomic mass is 10.2. The average Bonchev–Trinajstić information content (AvgIpc) is 2.83. The molecule has 1 amide bonds. The van der Waals surface area contributed by atoms with Gasteiger partial charge < -0.3 is 14.8 Å². The quantitative estimate of drug-likeness (QED) is 0.861. The van der Waals surface area contributed by atoms with Crippen molar-refractivity contribution in [1.29, 1.82) is 0 Å². The number of aromatic nitrogens is 2. The predicted octanol–water partition coefficient (Wildman–Crippen LogP) is 1.71. The summed E-state index contributed by atoms with van der Waals surface area (Å²) in [5, 5.41) is 3.04. The van der Waals surface area contributed by atoms with Gasteiger partial charge in [-0.1, -0.05) is 19.8 Å². The number of fused-ring (bicyclic) bond motifs is 1. The molecule has 0 aromatic carbocycles. The Morgan fingerprint density at radius 2 is 1.88 bits per heavy atom. The summed E-state index contributed by atoms with van der Waals surface area (Å²) in [7, 11) is 0. The summed E-state index contributed by atoms with van der Waals surface area (Å²) in [5.74, 6) is 0.987. The molecule has 6 heteroatoms. The van der Waals surface area contributed by atoms with Crippen LogP contribution in [0.3, 0.4) is 0 Å². The Balaban J connectivity index is 1.47. The van der Waals surface area contributed by atoms with Crippen molar-refractivity contribution >= 4 is 5.91 Å². The molecule has 24 heavy (non-hydrogen) atoms. The number of nitrogens with one attached hydrogen (secondary N) is 1. The lowest BCUT2D eigenvalue weighted by molar-refractivity contribution is 0.0943. The van der Waals surface area contributed by atoms with Gasteiger partial charge >= 0.3 is 0 Å². The van der Waals surface area contributed by atoms with Crippen LogP contribution in [0.1, 0.15) is 55.3 Å². The highest BCUT2D eigenvalue weighted by Crippen LogP contribution is 2.13. The van der Waals surface area contributed by atoms with E-state index in [0.717, 1.165) is 45.0 Å². The third-order valence-corrected chi connectivity index (χ3v) is 5.07. The predicted molar refractivity (Wildman–Crippen MR) is 95.0 cm³/mol. The number of nitrogens with zero attached hydrogens (tertiary/aromatic N) is 4. The Morgan fingerprint density at radius 1 is 1.08 bits per heavy atom. The second kappa shape index (κ2) is 8.62. The fraction of sp³-hybridized carbons (Fsp3) is 0.778. The van der Waals surface area contributed by atoms with Crippen LogP contribution in [0.2, 0.25) is 0 Å². The largest absolute Gasteiger partial charge is 0.349 e. The number of hydrogen-bond acceptors (Lipinski definition) is 4. The number of hydrogen-bond donors (Lipinski definition) is 1. The van der Waals surface area contributed by atoms with Crippen LogP contribution in [0.25, 0.3) is 0 Å². The van der Waals surface area contributed by atoms with Crippen LogP contribution in [0.15, 0.2) is 6.20 Å². The van der Waals surface area contributed by atoms with E-state index in [1.807, 2.05) is 6.20 Å². The van der Waals surface area contributed by atoms with Gasteiger partial charge in [0.25, 0.3) is 5.91 Å². The van der Waals surface area contributed by atoms with E-state index in [0.29, 0.717) is 12.2 Å². The summed E-state index contributed by atoms with van der Waals surface area (Å²) in [4.78, 5) is 21.8. The first-order valence-electron chi connectivity index (χ1n) is 9.55. The van der Waals surface area contributed by atoms with Crippen LogP contribution in [-0.2, 0) is 13.1 Å². The zero-order chi connectivity index (χ0) is 16.8. The highest BCUT2D eigenvalue weighted by Gasteiger charge is 2.20. The topological polar surface area (TPSA) is 53.4 Å². The Labute approximate surface area is 145 Å². The van der Waals surface area contributed by atoms with E-state index < -0.39 is 0 Å². The molecule has 3 heterocycles. The number of carbonyl (C=O) groups is 1. The van der Waals surface area contributed by atoms with E-state index in [1.54, 1.807) is 0 Å². The summed E-state index contributed by atoms with van der Waals surface area (Å²) >= 11 is 0. The van der Waals surface area contributed by atoms with E-state index >= 15 is 0 Å². The van der Waals surface area contributed by atoms with Gasteiger partial charge in [-0.2, -0.15) is 0 Å². The molecular weight excluding hydrogens is 302 g/mol. The summed E-state index contributed by atoms with van der Waals surface area (Å²) in [5.41, 5.74) is 0.569. The van der Waals surface area contributed by atoms with Crippen molar-refractivity contribution in [2.75, 3.05) is 39.3 Å². The zero-order valence-electron chi connectivity index (χ0n) is 15.0. The van der Waals surface area contributed by atoms with Crippen LogP contribution in [-0.4, -0.2) is 64.5 Å². The Kier molecular flexibility index (Phi) is 6.26. The molecule has 0 spiro atoms. The van der Waals surface area contributed by atoms with E-state index in [1.165, 1.54) is 38.8 Å². The first-order chi connectivity index (χ1) is 11.8. The number of likely N-dealkylation sites (tertiary alicyclic amines) is 1. The molecule has 2 aliphatic rings. The molecule has 0 aliphatic carbocycles. The van der Waals surface area contributed by atoms with E-state index in [2.05, 4.69) is 31.6 Å². The van der Waals surface area contributed by atoms with Gasteiger partial charge in [0.15, 0.2) is 0 Å². The van der Waals surface area contributed by atoms with Gasteiger partial charge in [-0.3, -0.25) is 9.69 Å². The molecule has 0 unspecified atom stereocenters. The second-order valence-electron chi connectivity index (χ2n) is 7.02. The summed E-state index contributed by atoms with van der Waals surface area (Å²) in [6.45, 7) is 10.1. The number of amides is 1. The maximum atomic E-state index is 12.4. The van der Waals surface area contributed by atoms with Gasteiger partial charge in [0.1, 0.15) is 11.5 Å². The van der Waals surface area contributed by atoms with Crippen molar-refractivity contribution in [1.82, 2.24) is 24.7 Å². The fourth-order valence-corrected chi connectivity index (χ4v) is 3.70. The first-order valence-corrected chi connectivity index (χ1v) is 9.55. The smallest absolute Gasteiger partial charge is 0.271 e. The second-order valence-corrected chi connectivity index (χ2v) is 7.02. The lowest BCUT2D eigenvalue weighted by Crippen LogP contribution is -2.35. The van der Waals surface area contributed by atoms with Gasteiger partial charge in [-0.25, -0.2) is 4.98 Å². The summed E-state index contributed by atoms with van der Waals surface area (Å²) in [6, 6.07) is 0. The van der Waals surface area contributed by atoms with Crippen molar-refractivity contribution in [2.45, 2.75) is 52.1 Å². The number of imidazole rings is 1. The van der Waals surface area contributed by atoms with Crippen molar-refractivity contribution in [2.24, 2.45) is 0 Å². The minimum atomic E-state index is -0.0336. The zero-order valence-corrected chi connectivity index (χ0v) is 15.0. The van der Waals surface area contributed by atoms with E-state index in [9.17, 15) is 4.79 Å². The highest BCUT2D eigenvalue weighted by atomic mass is 16.1. The van der Waals surface area contributed by atoms with Gasteiger partial charge in [-0.05, 0) is 38.9 Å². The molecule has 1 fully saturated rings. The van der Waals surface area contributed by atoms with Gasteiger partial charge in [0.05, 0.1) is 6.54 Å². The van der Waals surface area contributed by atoms with Crippen molar-refractivity contribution in [3.63, 3.8) is 0 Å². The average molecular weight is 333 g/mol. The number of carbonyl (C=O) groups excluding carboxylic acids is 1. The van der Waals surface area contributed by atoms with Crippen molar-refractivity contribution in [3.05, 3.63) is 17.7 Å². The van der Waals surface area contributed by atoms with Crippen LogP contribution in [0.5, 0.6) is 0 Å². The molecule has 1 saturated heterocycles. The molecular formula is C18H31N5O. The molecule has 0 atom stereocenters. The van der Waals surface area contributed by atoms with Crippen molar-refractivity contribution < 1.29 is 4.79 Å². The summed E-state index contributed by atoms with van der Waals surface area (Å²) < 4.78 is 2.13. The van der Waals surface area contributed by atoms with E-state index in [4.69, 9.17) is 0 Å². The minimum absolute atomic E-state index is 0.0336. The molecule has 3 rings (SSSR count). The lowest BCUT2D eigenvalue weighted by Gasteiger charge is -2.26. The molecule has 6 nitrogen and oxygen atoms in total. The SMILES string of the molecule is CCCN1CCn2cc(C(=O)NCCN3CCCCCC3)nc2C1. The van der Waals surface area contributed by atoms with Crippen LogP contribution < -0.4 is 5.32 Å². The molecule has 1 aromatic rings. The molecule has 134 valence electrons. The molecule has 2 aliphatic heterocycles. The van der Waals surface area contributed by atoms with Crippen LogP contribution in [0.4, 0.5) is 0 Å². The highest BCUT2D eigenvalue weighted by molar-refractivity contribution is 5.92. The Bertz CT molecular complexity index is 534. The van der Waals surface area contributed by atoms with Gasteiger partial charge in [0, 0.05) is 32.4 Å². The van der Waals surface area contributed by atoms with E-state index in [-0.39, 0.29) is 5.91 Å². The summed E-state index contributed by atoms with van der Waals surface area (Å²) in [6.07, 6.45) is 8.34. The molecule has 0 bridgehead atoms. The Hall–Kier alpha value is -1.40. The maximum absolute atomic E-state index is 12.4. The molecule has 1 aromatic heterocycles. The minimum Gasteiger partial charge on any atom is -0.349 e. The Morgan fingerprint density at radius 3 is 2.62 bits per heavy atom. The fourth-order valence-electron chi connectivity index (χ4n) is 3.70.